The molecular formula is C10H17ClN4. The van der Waals surface area contributed by atoms with Gasteiger partial charge in [-0.1, -0.05) is 11.6 Å². The SMILES string of the molecule is CN1CCN(Cc2cc(Cl)nn2C)CC1. The quantitative estimate of drug-likeness (QED) is 0.749. The second-order valence-corrected chi connectivity index (χ2v) is 4.55. The Morgan fingerprint density at radius 1 is 1.27 bits per heavy atom. The molecule has 0 unspecified atom stereocenters. The Balaban J connectivity index is 1.94. The zero-order valence-corrected chi connectivity index (χ0v) is 10.0. The summed E-state index contributed by atoms with van der Waals surface area (Å²) >= 11 is 5.85. The molecule has 1 aliphatic rings. The number of piperazine rings is 1. The third-order valence-corrected chi connectivity index (χ3v) is 3.11. The highest BCUT2D eigenvalue weighted by atomic mass is 35.5. The zero-order valence-electron chi connectivity index (χ0n) is 9.28. The summed E-state index contributed by atoms with van der Waals surface area (Å²) in [6, 6.07) is 1.94. The predicted molar refractivity (Wildman–Crippen MR) is 61.0 cm³/mol. The van der Waals surface area contributed by atoms with Crippen molar-refractivity contribution >= 4 is 11.6 Å². The van der Waals surface area contributed by atoms with Crippen LogP contribution in [0, 0.1) is 0 Å². The first-order chi connectivity index (χ1) is 7.15. The molecule has 0 aromatic carbocycles. The molecule has 4 nitrogen and oxygen atoms in total. The number of hydrogen-bond donors (Lipinski definition) is 0. The van der Waals surface area contributed by atoms with Gasteiger partial charge in [-0.3, -0.25) is 9.58 Å². The second kappa shape index (κ2) is 4.51. The van der Waals surface area contributed by atoms with Gasteiger partial charge < -0.3 is 4.90 Å². The molecule has 0 aliphatic carbocycles. The molecule has 0 atom stereocenters. The highest BCUT2D eigenvalue weighted by Crippen LogP contribution is 2.12. The van der Waals surface area contributed by atoms with Crippen molar-refractivity contribution in [2.24, 2.45) is 7.05 Å². The van der Waals surface area contributed by atoms with E-state index in [1.807, 2.05) is 17.8 Å². The first-order valence-electron chi connectivity index (χ1n) is 5.24. The van der Waals surface area contributed by atoms with Gasteiger partial charge in [-0.15, -0.1) is 0 Å². The van der Waals surface area contributed by atoms with Crippen LogP contribution in [0.2, 0.25) is 5.15 Å². The first-order valence-corrected chi connectivity index (χ1v) is 5.62. The highest BCUT2D eigenvalue weighted by Gasteiger charge is 2.15. The standard InChI is InChI=1S/C10H17ClN4/c1-13-3-5-15(6-4-13)8-9-7-10(11)12-14(9)2/h7H,3-6,8H2,1-2H3. The summed E-state index contributed by atoms with van der Waals surface area (Å²) < 4.78 is 1.86. The monoisotopic (exact) mass is 228 g/mol. The maximum atomic E-state index is 5.85. The molecule has 0 saturated carbocycles. The summed E-state index contributed by atoms with van der Waals surface area (Å²) in [5.74, 6) is 0. The van der Waals surface area contributed by atoms with Crippen LogP contribution in [0.1, 0.15) is 5.69 Å². The van der Waals surface area contributed by atoms with Crippen LogP contribution in [-0.4, -0.2) is 52.8 Å². The lowest BCUT2D eigenvalue weighted by atomic mass is 10.3. The van der Waals surface area contributed by atoms with E-state index >= 15 is 0 Å². The molecule has 1 saturated heterocycles. The molecular weight excluding hydrogens is 212 g/mol. The summed E-state index contributed by atoms with van der Waals surface area (Å²) in [4.78, 5) is 4.79. The van der Waals surface area contributed by atoms with Crippen LogP contribution in [0.4, 0.5) is 0 Å². The second-order valence-electron chi connectivity index (χ2n) is 4.16. The Morgan fingerprint density at radius 3 is 2.47 bits per heavy atom. The van der Waals surface area contributed by atoms with Crippen LogP contribution >= 0.6 is 11.6 Å². The molecule has 1 aliphatic heterocycles. The summed E-state index contributed by atoms with van der Waals surface area (Å²) in [5, 5.41) is 4.72. The molecule has 1 fully saturated rings. The fourth-order valence-corrected chi connectivity index (χ4v) is 2.09. The Hall–Kier alpha value is -0.580. The van der Waals surface area contributed by atoms with Crippen molar-refractivity contribution in [3.63, 3.8) is 0 Å². The molecule has 2 heterocycles. The van der Waals surface area contributed by atoms with Gasteiger partial charge in [-0.05, 0) is 13.1 Å². The minimum absolute atomic E-state index is 0.585. The van der Waals surface area contributed by atoms with Gasteiger partial charge in [0.05, 0.1) is 5.69 Å². The molecule has 15 heavy (non-hydrogen) atoms. The lowest BCUT2D eigenvalue weighted by Gasteiger charge is -2.32. The predicted octanol–water partition coefficient (Wildman–Crippen LogP) is 0.821. The lowest BCUT2D eigenvalue weighted by Crippen LogP contribution is -2.44. The summed E-state index contributed by atoms with van der Waals surface area (Å²) in [6.45, 7) is 5.49. The average molecular weight is 229 g/mol. The van der Waals surface area contributed by atoms with E-state index in [9.17, 15) is 0 Å². The van der Waals surface area contributed by atoms with E-state index < -0.39 is 0 Å². The van der Waals surface area contributed by atoms with Crippen LogP contribution in [0.15, 0.2) is 6.07 Å². The van der Waals surface area contributed by atoms with Gasteiger partial charge in [-0.2, -0.15) is 5.10 Å². The van der Waals surface area contributed by atoms with E-state index in [0.29, 0.717) is 5.15 Å². The summed E-state index contributed by atoms with van der Waals surface area (Å²) in [7, 11) is 4.11. The van der Waals surface area contributed by atoms with Crippen molar-refractivity contribution in [2.75, 3.05) is 33.2 Å². The van der Waals surface area contributed by atoms with Gasteiger partial charge in [-0.25, -0.2) is 0 Å². The van der Waals surface area contributed by atoms with Crippen molar-refractivity contribution in [1.82, 2.24) is 19.6 Å². The smallest absolute Gasteiger partial charge is 0.151 e. The van der Waals surface area contributed by atoms with Crippen LogP contribution in [0.5, 0.6) is 0 Å². The third kappa shape index (κ3) is 2.71. The van der Waals surface area contributed by atoms with E-state index in [1.165, 1.54) is 5.69 Å². The number of rotatable bonds is 2. The molecule has 0 radical (unpaired) electrons. The van der Waals surface area contributed by atoms with Gasteiger partial charge in [0.2, 0.25) is 0 Å². The molecule has 0 N–H and O–H groups in total. The fourth-order valence-electron chi connectivity index (χ4n) is 1.85. The van der Waals surface area contributed by atoms with Crippen molar-refractivity contribution in [3.8, 4) is 0 Å². The Labute approximate surface area is 95.4 Å². The maximum Gasteiger partial charge on any atom is 0.151 e. The van der Waals surface area contributed by atoms with E-state index in [0.717, 1.165) is 32.7 Å². The zero-order chi connectivity index (χ0) is 10.8. The highest BCUT2D eigenvalue weighted by molar-refractivity contribution is 6.29. The largest absolute Gasteiger partial charge is 0.304 e. The number of nitrogens with zero attached hydrogens (tertiary/aromatic N) is 4. The van der Waals surface area contributed by atoms with E-state index in [1.54, 1.807) is 0 Å². The molecule has 1 aromatic heterocycles. The number of hydrogen-bond acceptors (Lipinski definition) is 3. The topological polar surface area (TPSA) is 24.3 Å². The number of aromatic nitrogens is 2. The van der Waals surface area contributed by atoms with Gasteiger partial charge in [0.1, 0.15) is 0 Å². The minimum Gasteiger partial charge on any atom is -0.304 e. The Bertz CT molecular complexity index is 328. The molecule has 84 valence electrons. The summed E-state index contributed by atoms with van der Waals surface area (Å²) in [5.41, 5.74) is 1.18. The van der Waals surface area contributed by atoms with E-state index in [2.05, 4.69) is 21.9 Å². The molecule has 0 amide bonds. The molecule has 0 bridgehead atoms. The van der Waals surface area contributed by atoms with Gasteiger partial charge in [0.15, 0.2) is 5.15 Å². The van der Waals surface area contributed by atoms with Crippen molar-refractivity contribution in [2.45, 2.75) is 6.54 Å². The molecule has 2 rings (SSSR count). The Kier molecular flexibility index (Phi) is 3.29. The first kappa shape index (κ1) is 10.9. The van der Waals surface area contributed by atoms with Gasteiger partial charge in [0.25, 0.3) is 0 Å². The average Bonchev–Trinajstić information content (AvgIpc) is 2.49. The molecule has 0 spiro atoms. The van der Waals surface area contributed by atoms with E-state index in [-0.39, 0.29) is 0 Å². The number of halogens is 1. The van der Waals surface area contributed by atoms with Gasteiger partial charge >= 0.3 is 0 Å². The lowest BCUT2D eigenvalue weighted by molar-refractivity contribution is 0.145. The fraction of sp³-hybridized carbons (Fsp3) is 0.700. The van der Waals surface area contributed by atoms with Crippen LogP contribution in [0.25, 0.3) is 0 Å². The molecule has 1 aromatic rings. The molecule has 5 heteroatoms. The Morgan fingerprint density at radius 2 is 1.93 bits per heavy atom. The van der Waals surface area contributed by atoms with Crippen LogP contribution in [0.3, 0.4) is 0 Å². The van der Waals surface area contributed by atoms with Crippen LogP contribution < -0.4 is 0 Å². The maximum absolute atomic E-state index is 5.85. The van der Waals surface area contributed by atoms with Crippen LogP contribution in [-0.2, 0) is 13.6 Å². The minimum atomic E-state index is 0.585. The summed E-state index contributed by atoms with van der Waals surface area (Å²) in [6.07, 6.45) is 0. The third-order valence-electron chi connectivity index (χ3n) is 2.93. The normalized spacial score (nSPS) is 19.7. The van der Waals surface area contributed by atoms with Crippen molar-refractivity contribution in [1.29, 1.82) is 0 Å². The van der Waals surface area contributed by atoms with E-state index in [4.69, 9.17) is 11.6 Å². The van der Waals surface area contributed by atoms with Gasteiger partial charge in [0, 0.05) is 39.8 Å². The van der Waals surface area contributed by atoms with Crippen molar-refractivity contribution < 1.29 is 0 Å². The number of aryl methyl sites for hydroxylation is 1. The van der Waals surface area contributed by atoms with Crippen molar-refractivity contribution in [3.05, 3.63) is 16.9 Å². The number of likely N-dealkylation sites (N-methyl/N-ethyl adjacent to an activating group) is 1.